The van der Waals surface area contributed by atoms with Gasteiger partial charge in [0.05, 0.1) is 12.1 Å². The molecule has 1 atom stereocenters. The van der Waals surface area contributed by atoms with Gasteiger partial charge in [-0.05, 0) is 50.6 Å². The first-order valence-electron chi connectivity index (χ1n) is 7.52. The van der Waals surface area contributed by atoms with Gasteiger partial charge in [0.25, 0.3) is 0 Å². The van der Waals surface area contributed by atoms with Gasteiger partial charge in [-0.3, -0.25) is 4.79 Å². The number of ether oxygens (including phenoxy) is 1. The van der Waals surface area contributed by atoms with Crippen LogP contribution in [0.1, 0.15) is 31.4 Å². The fourth-order valence-electron chi connectivity index (χ4n) is 2.46. The number of piperidine rings is 1. The number of carbonyl (C=O) groups excluding carboxylic acids is 1. The molecule has 1 heterocycles. The number of carbonyl (C=O) groups is 1. The van der Waals surface area contributed by atoms with Gasteiger partial charge < -0.3 is 15.0 Å². The van der Waals surface area contributed by atoms with Crippen molar-refractivity contribution in [2.24, 2.45) is 0 Å². The zero-order chi connectivity index (χ0) is 16.1. The molecule has 1 saturated heterocycles. The normalized spacial score (nSPS) is 17.3. The number of halogens is 2. The van der Waals surface area contributed by atoms with Crippen molar-refractivity contribution in [1.29, 1.82) is 0 Å². The van der Waals surface area contributed by atoms with E-state index in [0.29, 0.717) is 5.56 Å². The molecule has 0 spiro atoms. The lowest BCUT2D eigenvalue weighted by Gasteiger charge is -2.27. The Morgan fingerprint density at radius 1 is 1.36 bits per heavy atom. The van der Waals surface area contributed by atoms with E-state index in [1.807, 2.05) is 0 Å². The van der Waals surface area contributed by atoms with Crippen LogP contribution in [0.5, 0.6) is 0 Å². The van der Waals surface area contributed by atoms with Crippen molar-refractivity contribution >= 4 is 5.91 Å². The molecule has 0 aromatic heterocycles. The highest BCUT2D eigenvalue weighted by Crippen LogP contribution is 2.21. The summed E-state index contributed by atoms with van der Waals surface area (Å²) in [5, 5.41) is 3.23. The molecule has 2 rings (SSSR count). The third-order valence-corrected chi connectivity index (χ3v) is 4.13. The van der Waals surface area contributed by atoms with Crippen LogP contribution in [0.25, 0.3) is 0 Å². The van der Waals surface area contributed by atoms with Gasteiger partial charge in [0.15, 0.2) is 11.6 Å². The van der Waals surface area contributed by atoms with E-state index in [0.717, 1.165) is 38.1 Å². The van der Waals surface area contributed by atoms with Gasteiger partial charge in [-0.15, -0.1) is 0 Å². The zero-order valence-corrected chi connectivity index (χ0v) is 12.9. The molecule has 1 unspecified atom stereocenters. The molecule has 4 nitrogen and oxygen atoms in total. The first-order chi connectivity index (χ1) is 10.5. The van der Waals surface area contributed by atoms with Crippen molar-refractivity contribution < 1.29 is 18.3 Å². The number of benzene rings is 1. The van der Waals surface area contributed by atoms with Crippen LogP contribution >= 0.6 is 0 Å². The molecule has 0 radical (unpaired) electrons. The highest BCUT2D eigenvalue weighted by Gasteiger charge is 2.21. The number of nitrogens with one attached hydrogen (secondary N) is 1. The first-order valence-corrected chi connectivity index (χ1v) is 7.52. The Balaban J connectivity index is 1.89. The lowest BCUT2D eigenvalue weighted by atomic mass is 10.1. The van der Waals surface area contributed by atoms with Crippen molar-refractivity contribution in [3.05, 3.63) is 35.4 Å². The second kappa shape index (κ2) is 7.65. The summed E-state index contributed by atoms with van der Waals surface area (Å²) in [6.45, 7) is 3.59. The van der Waals surface area contributed by atoms with Crippen LogP contribution in [-0.2, 0) is 9.53 Å². The smallest absolute Gasteiger partial charge is 0.248 e. The van der Waals surface area contributed by atoms with Gasteiger partial charge in [0, 0.05) is 7.05 Å². The molecule has 122 valence electrons. The van der Waals surface area contributed by atoms with E-state index >= 15 is 0 Å². The molecule has 1 aromatic carbocycles. The van der Waals surface area contributed by atoms with E-state index < -0.39 is 11.6 Å². The van der Waals surface area contributed by atoms with Crippen LogP contribution in [0.15, 0.2) is 18.2 Å². The van der Waals surface area contributed by atoms with Crippen molar-refractivity contribution in [1.82, 2.24) is 10.2 Å². The van der Waals surface area contributed by atoms with E-state index in [-0.39, 0.29) is 24.7 Å². The Morgan fingerprint density at radius 3 is 2.68 bits per heavy atom. The van der Waals surface area contributed by atoms with E-state index in [9.17, 15) is 13.6 Å². The van der Waals surface area contributed by atoms with Crippen molar-refractivity contribution in [2.75, 3.05) is 26.7 Å². The standard InChI is InChI=1S/C16H22F2N2O2/c1-11(12-3-4-14(17)15(18)9-12)20(2)16(21)10-22-13-5-7-19-8-6-13/h3-4,9,11,13,19H,5-8,10H2,1-2H3. The molecule has 6 heteroatoms. The van der Waals surface area contributed by atoms with Gasteiger partial charge >= 0.3 is 0 Å². The maximum absolute atomic E-state index is 13.3. The summed E-state index contributed by atoms with van der Waals surface area (Å²) < 4.78 is 31.9. The highest BCUT2D eigenvalue weighted by molar-refractivity contribution is 5.77. The number of hydrogen-bond donors (Lipinski definition) is 1. The van der Waals surface area contributed by atoms with Crippen LogP contribution in [0, 0.1) is 11.6 Å². The Kier molecular flexibility index (Phi) is 5.85. The second-order valence-corrected chi connectivity index (χ2v) is 5.61. The number of likely N-dealkylation sites (N-methyl/N-ethyl adjacent to an activating group) is 1. The minimum Gasteiger partial charge on any atom is -0.368 e. The second-order valence-electron chi connectivity index (χ2n) is 5.61. The lowest BCUT2D eigenvalue weighted by molar-refractivity contribution is -0.139. The molecule has 1 amide bonds. The molecule has 1 aromatic rings. The predicted molar refractivity (Wildman–Crippen MR) is 79.4 cm³/mol. The SMILES string of the molecule is CC(c1ccc(F)c(F)c1)N(C)C(=O)COC1CCNCC1. The summed E-state index contributed by atoms with van der Waals surface area (Å²) in [6.07, 6.45) is 1.91. The lowest BCUT2D eigenvalue weighted by Crippen LogP contribution is -2.37. The molecule has 1 aliphatic rings. The predicted octanol–water partition coefficient (Wildman–Crippen LogP) is 2.25. The topological polar surface area (TPSA) is 41.6 Å². The summed E-state index contributed by atoms with van der Waals surface area (Å²) in [4.78, 5) is 13.7. The molecule has 0 aliphatic carbocycles. The number of nitrogens with zero attached hydrogens (tertiary/aromatic N) is 1. The summed E-state index contributed by atoms with van der Waals surface area (Å²) in [5.41, 5.74) is 0.552. The van der Waals surface area contributed by atoms with Crippen molar-refractivity contribution in [2.45, 2.75) is 31.9 Å². The molecular weight excluding hydrogens is 290 g/mol. The fourth-order valence-corrected chi connectivity index (χ4v) is 2.46. The molecule has 1 N–H and O–H groups in total. The average Bonchev–Trinajstić information content (AvgIpc) is 2.54. The van der Waals surface area contributed by atoms with Gasteiger partial charge in [0.2, 0.25) is 5.91 Å². The molecular formula is C16H22F2N2O2. The van der Waals surface area contributed by atoms with Crippen molar-refractivity contribution in [3.63, 3.8) is 0 Å². The Hall–Kier alpha value is -1.53. The Labute approximate surface area is 129 Å². The highest BCUT2D eigenvalue weighted by atomic mass is 19.2. The van der Waals surface area contributed by atoms with Crippen LogP contribution in [0.2, 0.25) is 0 Å². The third kappa shape index (κ3) is 4.24. The molecule has 0 saturated carbocycles. The molecule has 22 heavy (non-hydrogen) atoms. The van der Waals surface area contributed by atoms with E-state index in [1.165, 1.54) is 11.0 Å². The van der Waals surface area contributed by atoms with Gasteiger partial charge in [-0.2, -0.15) is 0 Å². The van der Waals surface area contributed by atoms with Gasteiger partial charge in [-0.25, -0.2) is 8.78 Å². The minimum atomic E-state index is -0.906. The maximum Gasteiger partial charge on any atom is 0.248 e. The molecule has 0 bridgehead atoms. The van der Waals surface area contributed by atoms with E-state index in [4.69, 9.17) is 4.74 Å². The largest absolute Gasteiger partial charge is 0.368 e. The Morgan fingerprint density at radius 2 is 2.05 bits per heavy atom. The summed E-state index contributed by atoms with van der Waals surface area (Å²) in [7, 11) is 1.64. The molecule has 1 fully saturated rings. The van der Waals surface area contributed by atoms with Gasteiger partial charge in [0.1, 0.15) is 6.61 Å². The quantitative estimate of drug-likeness (QED) is 0.907. The fraction of sp³-hybridized carbons (Fsp3) is 0.562. The zero-order valence-electron chi connectivity index (χ0n) is 12.9. The first kappa shape index (κ1) is 16.8. The number of hydrogen-bond acceptors (Lipinski definition) is 3. The third-order valence-electron chi connectivity index (χ3n) is 4.13. The van der Waals surface area contributed by atoms with E-state index in [2.05, 4.69) is 5.32 Å². The van der Waals surface area contributed by atoms with Crippen LogP contribution in [-0.4, -0.2) is 43.7 Å². The monoisotopic (exact) mass is 312 g/mol. The van der Waals surface area contributed by atoms with Gasteiger partial charge in [-0.1, -0.05) is 6.07 Å². The van der Waals surface area contributed by atoms with E-state index in [1.54, 1.807) is 14.0 Å². The molecule has 1 aliphatic heterocycles. The van der Waals surface area contributed by atoms with Crippen LogP contribution in [0.3, 0.4) is 0 Å². The van der Waals surface area contributed by atoms with Crippen LogP contribution in [0.4, 0.5) is 8.78 Å². The van der Waals surface area contributed by atoms with Crippen molar-refractivity contribution in [3.8, 4) is 0 Å². The maximum atomic E-state index is 13.3. The Bertz CT molecular complexity index is 519. The van der Waals surface area contributed by atoms with Crippen LogP contribution < -0.4 is 5.32 Å². The minimum absolute atomic E-state index is 0.00911. The average molecular weight is 312 g/mol. The summed E-state index contributed by atoms with van der Waals surface area (Å²) >= 11 is 0. The number of amides is 1. The summed E-state index contributed by atoms with van der Waals surface area (Å²) in [5.74, 6) is -1.97. The number of rotatable bonds is 5. The summed E-state index contributed by atoms with van der Waals surface area (Å²) in [6, 6.07) is 3.34.